The highest BCUT2D eigenvalue weighted by atomic mass is 19.3. The lowest BCUT2D eigenvalue weighted by molar-refractivity contribution is 0.0506. The number of hydrogen-bond donors (Lipinski definition) is 0. The van der Waals surface area contributed by atoms with Crippen LogP contribution in [-0.4, -0.2) is 37.1 Å². The quantitative estimate of drug-likeness (QED) is 0.771. The van der Waals surface area contributed by atoms with Gasteiger partial charge in [0.25, 0.3) is 6.43 Å². The molecule has 0 aliphatic rings. The number of imidazole rings is 1. The number of aromatic nitrogens is 5. The number of ether oxygens (including phenoxy) is 1. The molecule has 2 aromatic rings. The van der Waals surface area contributed by atoms with Crippen LogP contribution in [0.15, 0.2) is 12.5 Å². The lowest BCUT2D eigenvalue weighted by Gasteiger charge is -2.07. The Bertz CT molecular complexity index is 608. The summed E-state index contributed by atoms with van der Waals surface area (Å²) in [5.74, 6) is -0.904. The Kier molecular flexibility index (Phi) is 4.06. The van der Waals surface area contributed by atoms with Crippen molar-refractivity contribution in [3.8, 4) is 0 Å². The van der Waals surface area contributed by atoms with Crippen LogP contribution in [0.4, 0.5) is 8.78 Å². The van der Waals surface area contributed by atoms with Gasteiger partial charge in [0.05, 0.1) is 31.4 Å². The molecule has 0 saturated carbocycles. The topological polar surface area (TPSA) is 74.8 Å². The lowest BCUT2D eigenvalue weighted by Crippen LogP contribution is -2.13. The molecule has 0 aliphatic carbocycles. The maximum absolute atomic E-state index is 13.1. The third-order valence-corrected chi connectivity index (χ3v) is 2.68. The SMILES string of the molecule is CCOC(=O)c1nnn(Cc2cncn2C)c1C(F)F. The second kappa shape index (κ2) is 5.76. The molecule has 0 bridgehead atoms. The third-order valence-electron chi connectivity index (χ3n) is 2.68. The lowest BCUT2D eigenvalue weighted by atomic mass is 10.3. The molecule has 0 fully saturated rings. The predicted molar refractivity (Wildman–Crippen MR) is 63.2 cm³/mol. The van der Waals surface area contributed by atoms with Gasteiger partial charge in [0.1, 0.15) is 5.69 Å². The zero-order valence-corrected chi connectivity index (χ0v) is 11.0. The summed E-state index contributed by atoms with van der Waals surface area (Å²) in [6.07, 6.45) is 0.194. The van der Waals surface area contributed by atoms with Gasteiger partial charge in [0.2, 0.25) is 0 Å². The van der Waals surface area contributed by atoms with Crippen LogP contribution in [0.25, 0.3) is 0 Å². The van der Waals surface area contributed by atoms with Crippen molar-refractivity contribution < 1.29 is 18.3 Å². The average Bonchev–Trinajstić information content (AvgIpc) is 2.97. The Hall–Kier alpha value is -2.32. The molecule has 0 aliphatic heterocycles. The van der Waals surface area contributed by atoms with Gasteiger partial charge in [-0.25, -0.2) is 23.2 Å². The normalized spacial score (nSPS) is 11.1. The minimum Gasteiger partial charge on any atom is -0.461 e. The number of nitrogens with zero attached hydrogens (tertiary/aromatic N) is 5. The van der Waals surface area contributed by atoms with Crippen molar-refractivity contribution in [2.75, 3.05) is 6.61 Å². The highest BCUT2D eigenvalue weighted by Crippen LogP contribution is 2.22. The molecular formula is C11H13F2N5O2. The molecule has 0 radical (unpaired) electrons. The fraction of sp³-hybridized carbons (Fsp3) is 0.455. The van der Waals surface area contributed by atoms with Crippen molar-refractivity contribution in [2.45, 2.75) is 19.9 Å². The van der Waals surface area contributed by atoms with Gasteiger partial charge in [-0.1, -0.05) is 5.21 Å². The smallest absolute Gasteiger partial charge is 0.361 e. The van der Waals surface area contributed by atoms with Crippen LogP contribution >= 0.6 is 0 Å². The van der Waals surface area contributed by atoms with Crippen molar-refractivity contribution in [1.29, 1.82) is 0 Å². The van der Waals surface area contributed by atoms with E-state index in [1.807, 2.05) is 0 Å². The maximum atomic E-state index is 13.1. The van der Waals surface area contributed by atoms with E-state index in [-0.39, 0.29) is 13.2 Å². The van der Waals surface area contributed by atoms with Crippen molar-refractivity contribution >= 4 is 5.97 Å². The monoisotopic (exact) mass is 285 g/mol. The van der Waals surface area contributed by atoms with Gasteiger partial charge in [-0.3, -0.25) is 0 Å². The summed E-state index contributed by atoms with van der Waals surface area (Å²) in [5, 5.41) is 7.10. The van der Waals surface area contributed by atoms with E-state index in [9.17, 15) is 13.6 Å². The molecule has 0 spiro atoms. The number of esters is 1. The predicted octanol–water partition coefficient (Wildman–Crippen LogP) is 1.17. The van der Waals surface area contributed by atoms with Gasteiger partial charge in [-0.05, 0) is 6.92 Å². The Morgan fingerprint density at radius 1 is 1.50 bits per heavy atom. The van der Waals surface area contributed by atoms with E-state index in [1.54, 1.807) is 24.9 Å². The van der Waals surface area contributed by atoms with Crippen LogP contribution in [0.2, 0.25) is 0 Å². The number of hydrogen-bond acceptors (Lipinski definition) is 5. The Balaban J connectivity index is 2.34. The molecule has 20 heavy (non-hydrogen) atoms. The van der Waals surface area contributed by atoms with Crippen molar-refractivity contribution in [2.24, 2.45) is 7.05 Å². The Labute approximate surface area is 113 Å². The van der Waals surface area contributed by atoms with E-state index in [2.05, 4.69) is 20.0 Å². The van der Waals surface area contributed by atoms with Crippen LogP contribution in [0.3, 0.4) is 0 Å². The first-order chi connectivity index (χ1) is 9.54. The second-order valence-electron chi connectivity index (χ2n) is 4.00. The first kappa shape index (κ1) is 14.1. The number of halogens is 2. The minimum atomic E-state index is -2.88. The van der Waals surface area contributed by atoms with Crippen LogP contribution in [0.1, 0.15) is 35.2 Å². The summed E-state index contributed by atoms with van der Waals surface area (Å²) in [6, 6.07) is 0. The molecule has 108 valence electrons. The molecule has 0 unspecified atom stereocenters. The van der Waals surface area contributed by atoms with E-state index in [0.29, 0.717) is 5.69 Å². The molecule has 9 heteroatoms. The minimum absolute atomic E-state index is 0.0442. The summed E-state index contributed by atoms with van der Waals surface area (Å²) in [6.45, 7) is 1.71. The molecule has 0 N–H and O–H groups in total. The van der Waals surface area contributed by atoms with E-state index >= 15 is 0 Å². The van der Waals surface area contributed by atoms with Crippen LogP contribution < -0.4 is 0 Å². The third kappa shape index (κ3) is 2.65. The van der Waals surface area contributed by atoms with Gasteiger partial charge in [-0.2, -0.15) is 0 Å². The largest absolute Gasteiger partial charge is 0.461 e. The first-order valence-electron chi connectivity index (χ1n) is 5.88. The Morgan fingerprint density at radius 2 is 2.25 bits per heavy atom. The number of alkyl halides is 2. The van der Waals surface area contributed by atoms with Gasteiger partial charge >= 0.3 is 5.97 Å². The standard InChI is InChI=1S/C11H13F2N5O2/c1-3-20-11(19)8-9(10(12)13)18(16-15-8)5-7-4-14-6-17(7)2/h4,6,10H,3,5H2,1-2H3. The van der Waals surface area contributed by atoms with Crippen molar-refractivity contribution in [1.82, 2.24) is 24.5 Å². The first-order valence-corrected chi connectivity index (χ1v) is 5.88. The molecule has 2 aromatic heterocycles. The summed E-state index contributed by atoms with van der Waals surface area (Å²) in [5.41, 5.74) is -0.346. The molecule has 2 heterocycles. The number of carbonyl (C=O) groups excluding carboxylic acids is 1. The molecule has 0 atom stereocenters. The van der Waals surface area contributed by atoms with Gasteiger partial charge in [0, 0.05) is 7.05 Å². The number of carbonyl (C=O) groups is 1. The molecule has 0 saturated heterocycles. The van der Waals surface area contributed by atoms with Gasteiger partial charge < -0.3 is 9.30 Å². The van der Waals surface area contributed by atoms with Gasteiger partial charge in [0.15, 0.2) is 5.69 Å². The zero-order valence-electron chi connectivity index (χ0n) is 11.0. The summed E-state index contributed by atoms with van der Waals surface area (Å²) < 4.78 is 33.6. The van der Waals surface area contributed by atoms with E-state index in [0.717, 1.165) is 4.68 Å². The van der Waals surface area contributed by atoms with Crippen molar-refractivity contribution in [3.63, 3.8) is 0 Å². The zero-order chi connectivity index (χ0) is 14.7. The van der Waals surface area contributed by atoms with Crippen LogP contribution in [0.5, 0.6) is 0 Å². The average molecular weight is 285 g/mol. The second-order valence-corrected chi connectivity index (χ2v) is 4.00. The summed E-state index contributed by atoms with van der Waals surface area (Å²) in [7, 11) is 1.73. The van der Waals surface area contributed by atoms with Gasteiger partial charge in [-0.15, -0.1) is 5.10 Å². The number of rotatable bonds is 5. The van der Waals surface area contributed by atoms with Crippen LogP contribution in [0, 0.1) is 0 Å². The van der Waals surface area contributed by atoms with E-state index in [4.69, 9.17) is 0 Å². The summed E-state index contributed by atoms with van der Waals surface area (Å²) in [4.78, 5) is 15.4. The molecule has 0 amide bonds. The van der Waals surface area contributed by atoms with Crippen LogP contribution in [-0.2, 0) is 18.3 Å². The Morgan fingerprint density at radius 3 is 2.80 bits per heavy atom. The summed E-state index contributed by atoms with van der Waals surface area (Å²) >= 11 is 0. The van der Waals surface area contributed by atoms with E-state index in [1.165, 1.54) is 6.20 Å². The maximum Gasteiger partial charge on any atom is 0.361 e. The molecule has 2 rings (SSSR count). The van der Waals surface area contributed by atoms with E-state index < -0.39 is 23.8 Å². The molecule has 0 aromatic carbocycles. The molecule has 7 nitrogen and oxygen atoms in total. The number of aryl methyl sites for hydroxylation is 1. The highest BCUT2D eigenvalue weighted by molar-refractivity contribution is 5.88. The highest BCUT2D eigenvalue weighted by Gasteiger charge is 2.27. The van der Waals surface area contributed by atoms with Crippen molar-refractivity contribution in [3.05, 3.63) is 29.6 Å². The fourth-order valence-corrected chi connectivity index (χ4v) is 1.69. The molecular weight excluding hydrogens is 272 g/mol. The fourth-order valence-electron chi connectivity index (χ4n) is 1.69.